The molecule has 0 radical (unpaired) electrons. The Labute approximate surface area is 92.0 Å². The standard InChI is InChI=1S/C10H13BrN2O/c1-2-7-13(10(12)14)9-5-3-8(11)4-6-9/h3-6H,2,7H2,1H3,(H2,12,14). The van der Waals surface area contributed by atoms with Crippen molar-refractivity contribution in [3.63, 3.8) is 0 Å². The summed E-state index contributed by atoms with van der Waals surface area (Å²) in [4.78, 5) is 12.7. The van der Waals surface area contributed by atoms with Gasteiger partial charge in [0.15, 0.2) is 0 Å². The number of urea groups is 1. The van der Waals surface area contributed by atoms with Crippen LogP contribution in [0.1, 0.15) is 13.3 Å². The molecule has 0 aliphatic carbocycles. The van der Waals surface area contributed by atoms with Gasteiger partial charge < -0.3 is 5.73 Å². The highest BCUT2D eigenvalue weighted by Crippen LogP contribution is 2.18. The van der Waals surface area contributed by atoms with Gasteiger partial charge in [-0.1, -0.05) is 22.9 Å². The van der Waals surface area contributed by atoms with Gasteiger partial charge in [-0.3, -0.25) is 4.90 Å². The summed E-state index contributed by atoms with van der Waals surface area (Å²) in [6.45, 7) is 2.66. The zero-order valence-corrected chi connectivity index (χ0v) is 9.62. The molecule has 0 spiro atoms. The second-order valence-electron chi connectivity index (χ2n) is 2.97. The number of rotatable bonds is 3. The van der Waals surface area contributed by atoms with E-state index in [1.165, 1.54) is 0 Å². The lowest BCUT2D eigenvalue weighted by molar-refractivity contribution is 0.254. The second-order valence-corrected chi connectivity index (χ2v) is 3.88. The largest absolute Gasteiger partial charge is 0.351 e. The molecule has 2 amide bonds. The molecule has 1 aromatic carbocycles. The van der Waals surface area contributed by atoms with E-state index >= 15 is 0 Å². The number of hydrogen-bond donors (Lipinski definition) is 1. The zero-order chi connectivity index (χ0) is 10.6. The van der Waals surface area contributed by atoms with Crippen LogP contribution in [0.25, 0.3) is 0 Å². The Morgan fingerprint density at radius 2 is 2.00 bits per heavy atom. The smallest absolute Gasteiger partial charge is 0.319 e. The molecule has 2 N–H and O–H groups in total. The number of amides is 2. The fourth-order valence-corrected chi connectivity index (χ4v) is 1.48. The van der Waals surface area contributed by atoms with E-state index in [-0.39, 0.29) is 0 Å². The van der Waals surface area contributed by atoms with Crippen LogP contribution >= 0.6 is 15.9 Å². The van der Waals surface area contributed by atoms with E-state index < -0.39 is 6.03 Å². The first-order valence-electron chi connectivity index (χ1n) is 4.47. The Morgan fingerprint density at radius 1 is 1.43 bits per heavy atom. The summed E-state index contributed by atoms with van der Waals surface area (Å²) in [6.07, 6.45) is 0.888. The van der Waals surface area contributed by atoms with Gasteiger partial charge in [-0.15, -0.1) is 0 Å². The normalized spacial score (nSPS) is 9.86. The third kappa shape index (κ3) is 2.73. The third-order valence-electron chi connectivity index (χ3n) is 1.85. The van der Waals surface area contributed by atoms with E-state index in [1.807, 2.05) is 31.2 Å². The minimum absolute atomic E-state index is 0.408. The minimum atomic E-state index is -0.408. The number of carbonyl (C=O) groups is 1. The Kier molecular flexibility index (Phi) is 3.95. The molecule has 76 valence electrons. The monoisotopic (exact) mass is 256 g/mol. The molecule has 3 nitrogen and oxygen atoms in total. The van der Waals surface area contributed by atoms with Crippen molar-refractivity contribution in [2.24, 2.45) is 5.73 Å². The van der Waals surface area contributed by atoms with Crippen molar-refractivity contribution < 1.29 is 4.79 Å². The number of anilines is 1. The average Bonchev–Trinajstić information content (AvgIpc) is 2.15. The number of primary amides is 1. The van der Waals surface area contributed by atoms with Crippen molar-refractivity contribution in [3.8, 4) is 0 Å². The molecule has 0 aromatic heterocycles. The molecule has 0 unspecified atom stereocenters. The molecule has 4 heteroatoms. The Hall–Kier alpha value is -1.03. The molecular weight excluding hydrogens is 244 g/mol. The van der Waals surface area contributed by atoms with Gasteiger partial charge in [0.05, 0.1) is 0 Å². The Bertz CT molecular complexity index is 310. The van der Waals surface area contributed by atoms with Gasteiger partial charge in [0.25, 0.3) is 0 Å². The summed E-state index contributed by atoms with van der Waals surface area (Å²) in [5.74, 6) is 0. The van der Waals surface area contributed by atoms with Crippen LogP contribution in [0.15, 0.2) is 28.7 Å². The molecule has 0 saturated carbocycles. The van der Waals surface area contributed by atoms with Gasteiger partial charge in [-0.2, -0.15) is 0 Å². The molecule has 0 atom stereocenters. The van der Waals surface area contributed by atoms with E-state index in [2.05, 4.69) is 15.9 Å². The van der Waals surface area contributed by atoms with Crippen LogP contribution in [0.2, 0.25) is 0 Å². The summed E-state index contributed by atoms with van der Waals surface area (Å²) in [5.41, 5.74) is 6.10. The van der Waals surface area contributed by atoms with Crippen LogP contribution in [0.4, 0.5) is 10.5 Å². The van der Waals surface area contributed by atoms with Crippen LogP contribution < -0.4 is 10.6 Å². The van der Waals surface area contributed by atoms with E-state index in [9.17, 15) is 4.79 Å². The number of halogens is 1. The zero-order valence-electron chi connectivity index (χ0n) is 8.03. The summed E-state index contributed by atoms with van der Waals surface area (Å²) in [7, 11) is 0. The first-order chi connectivity index (χ1) is 6.65. The lowest BCUT2D eigenvalue weighted by Crippen LogP contribution is -2.36. The average molecular weight is 257 g/mol. The number of benzene rings is 1. The van der Waals surface area contributed by atoms with E-state index in [0.29, 0.717) is 6.54 Å². The first kappa shape index (κ1) is 11.0. The van der Waals surface area contributed by atoms with Crippen LogP contribution in [0.5, 0.6) is 0 Å². The molecule has 0 saturated heterocycles. The summed E-state index contributed by atoms with van der Waals surface area (Å²) in [5, 5.41) is 0. The highest BCUT2D eigenvalue weighted by molar-refractivity contribution is 9.10. The molecule has 0 aliphatic heterocycles. The van der Waals surface area contributed by atoms with Crippen molar-refractivity contribution in [2.75, 3.05) is 11.4 Å². The number of nitrogens with zero attached hydrogens (tertiary/aromatic N) is 1. The van der Waals surface area contributed by atoms with Gasteiger partial charge >= 0.3 is 6.03 Å². The van der Waals surface area contributed by atoms with Gasteiger partial charge in [-0.25, -0.2) is 4.79 Å². The van der Waals surface area contributed by atoms with Crippen LogP contribution in [-0.2, 0) is 0 Å². The van der Waals surface area contributed by atoms with Gasteiger partial charge in [0, 0.05) is 16.7 Å². The lowest BCUT2D eigenvalue weighted by atomic mass is 10.3. The molecule has 1 aromatic rings. The van der Waals surface area contributed by atoms with Crippen molar-refractivity contribution in [1.29, 1.82) is 0 Å². The Morgan fingerprint density at radius 3 is 2.43 bits per heavy atom. The number of carbonyl (C=O) groups excluding carboxylic acids is 1. The van der Waals surface area contributed by atoms with Crippen molar-refractivity contribution in [3.05, 3.63) is 28.7 Å². The highest BCUT2D eigenvalue weighted by atomic mass is 79.9. The molecular formula is C10H13BrN2O. The SMILES string of the molecule is CCCN(C(N)=O)c1ccc(Br)cc1. The highest BCUT2D eigenvalue weighted by Gasteiger charge is 2.09. The van der Waals surface area contributed by atoms with E-state index in [0.717, 1.165) is 16.6 Å². The summed E-state index contributed by atoms with van der Waals surface area (Å²) in [6, 6.07) is 7.10. The maximum absolute atomic E-state index is 11.1. The fourth-order valence-electron chi connectivity index (χ4n) is 1.21. The maximum Gasteiger partial charge on any atom is 0.319 e. The molecule has 0 fully saturated rings. The van der Waals surface area contributed by atoms with Crippen molar-refractivity contribution in [1.82, 2.24) is 0 Å². The summed E-state index contributed by atoms with van der Waals surface area (Å²) >= 11 is 3.34. The summed E-state index contributed by atoms with van der Waals surface area (Å²) < 4.78 is 0.988. The topological polar surface area (TPSA) is 46.3 Å². The van der Waals surface area contributed by atoms with Gasteiger partial charge in [-0.05, 0) is 30.7 Å². The number of hydrogen-bond acceptors (Lipinski definition) is 1. The number of nitrogens with two attached hydrogens (primary N) is 1. The lowest BCUT2D eigenvalue weighted by Gasteiger charge is -2.19. The first-order valence-corrected chi connectivity index (χ1v) is 5.27. The predicted molar refractivity (Wildman–Crippen MR) is 61.4 cm³/mol. The molecule has 14 heavy (non-hydrogen) atoms. The molecule has 0 bridgehead atoms. The van der Waals surface area contributed by atoms with Crippen molar-refractivity contribution in [2.45, 2.75) is 13.3 Å². The van der Waals surface area contributed by atoms with Gasteiger partial charge in [0.1, 0.15) is 0 Å². The van der Waals surface area contributed by atoms with E-state index in [4.69, 9.17) is 5.73 Å². The Balaban J connectivity index is 2.87. The second kappa shape index (κ2) is 5.00. The van der Waals surface area contributed by atoms with E-state index in [1.54, 1.807) is 4.90 Å². The van der Waals surface area contributed by atoms with Crippen molar-refractivity contribution >= 4 is 27.6 Å². The van der Waals surface area contributed by atoms with Gasteiger partial charge in [0.2, 0.25) is 0 Å². The fraction of sp³-hybridized carbons (Fsp3) is 0.300. The van der Waals surface area contributed by atoms with Crippen LogP contribution in [-0.4, -0.2) is 12.6 Å². The molecule has 0 heterocycles. The molecule has 1 rings (SSSR count). The third-order valence-corrected chi connectivity index (χ3v) is 2.38. The predicted octanol–water partition coefficient (Wildman–Crippen LogP) is 2.74. The quantitative estimate of drug-likeness (QED) is 0.889. The van der Waals surface area contributed by atoms with Crippen LogP contribution in [0, 0.1) is 0 Å². The van der Waals surface area contributed by atoms with Crippen LogP contribution in [0.3, 0.4) is 0 Å². The minimum Gasteiger partial charge on any atom is -0.351 e. The maximum atomic E-state index is 11.1. The molecule has 0 aliphatic rings.